The third-order valence-electron chi connectivity index (χ3n) is 2.17. The van der Waals surface area contributed by atoms with Crippen molar-refractivity contribution in [1.29, 1.82) is 0 Å². The van der Waals surface area contributed by atoms with Gasteiger partial charge in [-0.2, -0.15) is 0 Å². The number of carboxylic acid groups (broad SMARTS) is 4. The van der Waals surface area contributed by atoms with E-state index in [1.807, 2.05) is 0 Å². The maximum Gasteiger partial charge on any atom is 1.00 e. The van der Waals surface area contributed by atoms with Crippen molar-refractivity contribution in [2.75, 3.05) is 39.3 Å². The summed E-state index contributed by atoms with van der Waals surface area (Å²) in [6, 6.07) is 0. The molecule has 0 aliphatic rings. The molecule has 16 N–H and O–H groups in total. The Bertz CT molecular complexity index is 343. The van der Waals surface area contributed by atoms with E-state index in [-0.39, 0.29) is 108 Å². The molecule has 28 heavy (non-hydrogen) atoms. The molecule has 16 nitrogen and oxygen atoms in total. The molecule has 0 saturated heterocycles. The van der Waals surface area contributed by atoms with Gasteiger partial charge in [0.25, 0.3) is 0 Å². The van der Waals surface area contributed by atoms with Crippen molar-refractivity contribution in [3.8, 4) is 0 Å². The number of carbonyl (C=O) groups is 4. The second-order valence-corrected chi connectivity index (χ2v) is 4.00. The van der Waals surface area contributed by atoms with Gasteiger partial charge in [-0.3, -0.25) is 29.0 Å². The quantitative estimate of drug-likeness (QED) is 0.216. The van der Waals surface area contributed by atoms with Gasteiger partial charge in [-0.25, -0.2) is 0 Å². The number of hydrogen-bond acceptors (Lipinski definition) is 6. The fourth-order valence-electron chi connectivity index (χ4n) is 1.48. The summed E-state index contributed by atoms with van der Waals surface area (Å²) < 4.78 is 0. The SMILES string of the molecule is O.O.O.O.O.O.O=C(O)CN(CCN(CC(=O)O)CC(=O)O)CC(=O)O.[H-].[H-].[Na+].[Na+]. The fraction of sp³-hybridized carbons (Fsp3) is 0.600. The molecule has 0 rings (SSSR count). The topological polar surface area (TPSA) is 345 Å². The zero-order chi connectivity index (χ0) is 15.7. The van der Waals surface area contributed by atoms with E-state index in [1.54, 1.807) is 0 Å². The van der Waals surface area contributed by atoms with Gasteiger partial charge in [0, 0.05) is 13.1 Å². The standard InChI is InChI=1S/C10H16N2O8.2Na.6H2O.2H/c13-7(14)3-11(4-8(15)16)1-2-12(5-9(17)18)6-10(19)20;;;;;;;;;;/h1-6H2,(H,13,14)(H,15,16)(H,17,18)(H,19,20);;;6*1H2;;/q;2*+1;;;;;;;2*-1. The molecule has 0 atom stereocenters. The zero-order valence-electron chi connectivity index (χ0n) is 17.6. The monoisotopic (exact) mass is 448 g/mol. The molecule has 18 heteroatoms. The van der Waals surface area contributed by atoms with Crippen molar-refractivity contribution < 1.29 is 134 Å². The van der Waals surface area contributed by atoms with Crippen LogP contribution in [0.5, 0.6) is 0 Å². The van der Waals surface area contributed by atoms with E-state index in [0.717, 1.165) is 9.80 Å². The average molecular weight is 448 g/mol. The first-order valence-electron chi connectivity index (χ1n) is 5.52. The van der Waals surface area contributed by atoms with Crippen LogP contribution in [-0.2, 0) is 19.2 Å². The van der Waals surface area contributed by atoms with Crippen LogP contribution in [0.25, 0.3) is 0 Å². The van der Waals surface area contributed by atoms with E-state index in [1.165, 1.54) is 0 Å². The summed E-state index contributed by atoms with van der Waals surface area (Å²) in [5.41, 5.74) is 0. The smallest absolute Gasteiger partial charge is 1.00 e. The molecular formula is C10H30N2Na2O14. The molecule has 0 fully saturated rings. The van der Waals surface area contributed by atoms with Gasteiger partial charge < -0.3 is 56.1 Å². The van der Waals surface area contributed by atoms with Crippen LogP contribution in [0, 0.1) is 0 Å². The fourth-order valence-corrected chi connectivity index (χ4v) is 1.48. The summed E-state index contributed by atoms with van der Waals surface area (Å²) >= 11 is 0. The molecule has 0 heterocycles. The Morgan fingerprint density at radius 2 is 0.643 bits per heavy atom. The van der Waals surface area contributed by atoms with Crippen molar-refractivity contribution in [3.63, 3.8) is 0 Å². The Balaban J connectivity index is -0.0000000401. The van der Waals surface area contributed by atoms with E-state index in [2.05, 4.69) is 0 Å². The van der Waals surface area contributed by atoms with Crippen LogP contribution < -0.4 is 59.1 Å². The Labute approximate surface area is 206 Å². The summed E-state index contributed by atoms with van der Waals surface area (Å²) in [5, 5.41) is 34.5. The summed E-state index contributed by atoms with van der Waals surface area (Å²) in [7, 11) is 0. The third-order valence-corrected chi connectivity index (χ3v) is 2.17. The Morgan fingerprint density at radius 1 is 0.500 bits per heavy atom. The number of aliphatic carboxylic acids is 4. The van der Waals surface area contributed by atoms with Gasteiger partial charge in [0.1, 0.15) is 0 Å². The summed E-state index contributed by atoms with van der Waals surface area (Å²) in [6.45, 7) is -2.25. The van der Waals surface area contributed by atoms with Gasteiger partial charge in [0.15, 0.2) is 0 Å². The first kappa shape index (κ1) is 56.4. The number of nitrogens with zero attached hydrogens (tertiary/aromatic N) is 2. The van der Waals surface area contributed by atoms with Crippen LogP contribution in [0.4, 0.5) is 0 Å². The number of rotatable bonds is 11. The van der Waals surface area contributed by atoms with E-state index < -0.39 is 50.1 Å². The van der Waals surface area contributed by atoms with Gasteiger partial charge in [0.2, 0.25) is 0 Å². The minimum Gasteiger partial charge on any atom is -1.00 e. The van der Waals surface area contributed by atoms with Crippen LogP contribution in [0.1, 0.15) is 2.85 Å². The molecule has 0 aromatic carbocycles. The molecule has 0 radical (unpaired) electrons. The van der Waals surface area contributed by atoms with Crippen LogP contribution in [0.15, 0.2) is 0 Å². The number of hydrogen-bond donors (Lipinski definition) is 4. The minimum atomic E-state index is -1.23. The molecule has 0 saturated carbocycles. The van der Waals surface area contributed by atoms with Crippen LogP contribution in [0.3, 0.4) is 0 Å². The predicted octanol–water partition coefficient (Wildman–Crippen LogP) is -12.8. The van der Waals surface area contributed by atoms with Crippen molar-refractivity contribution in [1.82, 2.24) is 9.80 Å². The van der Waals surface area contributed by atoms with E-state index >= 15 is 0 Å². The maximum atomic E-state index is 10.6. The molecule has 166 valence electrons. The Hall–Kier alpha value is -0.440. The van der Waals surface area contributed by atoms with Crippen molar-refractivity contribution in [2.45, 2.75) is 0 Å². The molecule has 0 amide bonds. The van der Waals surface area contributed by atoms with Crippen molar-refractivity contribution >= 4 is 23.9 Å². The van der Waals surface area contributed by atoms with Gasteiger partial charge in [-0.15, -0.1) is 0 Å². The second kappa shape index (κ2) is 31.3. The van der Waals surface area contributed by atoms with Gasteiger partial charge in [0.05, 0.1) is 26.2 Å². The summed E-state index contributed by atoms with van der Waals surface area (Å²) in [5.74, 6) is -4.91. The summed E-state index contributed by atoms with van der Waals surface area (Å²) in [4.78, 5) is 44.4. The van der Waals surface area contributed by atoms with E-state index in [4.69, 9.17) is 20.4 Å². The van der Waals surface area contributed by atoms with E-state index in [9.17, 15) is 19.2 Å². The van der Waals surface area contributed by atoms with E-state index in [0.29, 0.717) is 0 Å². The Morgan fingerprint density at radius 3 is 0.750 bits per heavy atom. The molecule has 0 spiro atoms. The molecule has 0 aromatic rings. The molecule has 0 aromatic heterocycles. The molecule has 0 aliphatic heterocycles. The first-order chi connectivity index (χ1) is 9.20. The average Bonchev–Trinajstić information content (AvgIpc) is 2.22. The predicted molar refractivity (Wildman–Crippen MR) is 87.3 cm³/mol. The van der Waals surface area contributed by atoms with Gasteiger partial charge in [-0.1, -0.05) is 0 Å². The van der Waals surface area contributed by atoms with Crippen molar-refractivity contribution in [2.24, 2.45) is 0 Å². The maximum absolute atomic E-state index is 10.6. The number of carboxylic acids is 4. The first-order valence-corrected chi connectivity index (χ1v) is 5.52. The minimum absolute atomic E-state index is 0. The van der Waals surface area contributed by atoms with Crippen LogP contribution in [-0.4, -0.2) is 126 Å². The van der Waals surface area contributed by atoms with Gasteiger partial charge >= 0.3 is 83.0 Å². The zero-order valence-corrected chi connectivity index (χ0v) is 19.6. The van der Waals surface area contributed by atoms with Crippen molar-refractivity contribution in [3.05, 3.63) is 0 Å². The second-order valence-electron chi connectivity index (χ2n) is 4.00. The third kappa shape index (κ3) is 36.5. The summed E-state index contributed by atoms with van der Waals surface area (Å²) in [6.07, 6.45) is 0. The van der Waals surface area contributed by atoms with Gasteiger partial charge in [-0.05, 0) is 0 Å². The Kier molecular flexibility index (Phi) is 63.0. The molecule has 0 unspecified atom stereocenters. The molecular weight excluding hydrogens is 418 g/mol. The molecule has 0 bridgehead atoms. The normalized spacial score (nSPS) is 7.64. The molecule has 0 aliphatic carbocycles. The largest absolute Gasteiger partial charge is 1.00 e. The van der Waals surface area contributed by atoms with Crippen LogP contribution >= 0.6 is 0 Å². The van der Waals surface area contributed by atoms with Crippen LogP contribution in [0.2, 0.25) is 0 Å².